The number of amides is 2. The summed E-state index contributed by atoms with van der Waals surface area (Å²) in [6, 6.07) is 12.8. The van der Waals surface area contributed by atoms with Crippen LogP contribution in [0.25, 0.3) is 0 Å². The van der Waals surface area contributed by atoms with E-state index < -0.39 is 5.91 Å². The van der Waals surface area contributed by atoms with Gasteiger partial charge in [-0.3, -0.25) is 14.8 Å². The maximum Gasteiger partial charge on any atom is 0.281 e. The van der Waals surface area contributed by atoms with E-state index in [1.807, 2.05) is 43.3 Å². The van der Waals surface area contributed by atoms with E-state index >= 15 is 0 Å². The van der Waals surface area contributed by atoms with Crippen LogP contribution in [-0.4, -0.2) is 29.7 Å². The second-order valence-corrected chi connectivity index (χ2v) is 6.20. The smallest absolute Gasteiger partial charge is 0.281 e. The first-order valence-corrected chi connectivity index (χ1v) is 8.34. The zero-order chi connectivity index (χ0) is 18.5. The number of ether oxygens (including phenoxy) is 1. The minimum absolute atomic E-state index is 0. The number of halogens is 1. The lowest BCUT2D eigenvalue weighted by atomic mass is 9.95. The van der Waals surface area contributed by atoms with Gasteiger partial charge in [0.15, 0.2) is 6.61 Å². The second-order valence-electron chi connectivity index (χ2n) is 6.20. The third kappa shape index (κ3) is 5.19. The molecule has 0 saturated heterocycles. The number of benzene rings is 2. The van der Waals surface area contributed by atoms with Crippen molar-refractivity contribution in [2.45, 2.75) is 25.9 Å². The van der Waals surface area contributed by atoms with E-state index in [-0.39, 0.29) is 31.0 Å². The van der Waals surface area contributed by atoms with E-state index in [0.29, 0.717) is 18.7 Å². The van der Waals surface area contributed by atoms with E-state index in [0.717, 1.165) is 22.4 Å². The molecule has 7 nitrogen and oxygen atoms in total. The summed E-state index contributed by atoms with van der Waals surface area (Å²) < 4.78 is 5.31. The minimum Gasteiger partial charge on any atom is -0.484 e. The van der Waals surface area contributed by atoms with Crippen LogP contribution in [0.2, 0.25) is 0 Å². The Morgan fingerprint density at radius 2 is 2.00 bits per heavy atom. The van der Waals surface area contributed by atoms with Crippen LogP contribution in [-0.2, 0) is 22.6 Å². The van der Waals surface area contributed by atoms with Gasteiger partial charge in [0, 0.05) is 12.2 Å². The summed E-state index contributed by atoms with van der Waals surface area (Å²) in [5.41, 5.74) is 5.44. The summed E-state index contributed by atoms with van der Waals surface area (Å²) in [6.07, 6.45) is 0.574. The largest absolute Gasteiger partial charge is 0.484 e. The van der Waals surface area contributed by atoms with Gasteiger partial charge in [0.2, 0.25) is 5.91 Å². The number of carbonyl (C=O) groups is 2. The molecule has 0 saturated carbocycles. The summed E-state index contributed by atoms with van der Waals surface area (Å²) in [7, 11) is 0. The number of carbonyl (C=O) groups excluding carboxylic acids is 2. The topological polar surface area (TPSA) is 99.7 Å². The summed E-state index contributed by atoms with van der Waals surface area (Å²) in [4.78, 5) is 23.6. The molecule has 0 unspecified atom stereocenters. The molecule has 0 fully saturated rings. The first-order chi connectivity index (χ1) is 12.6. The van der Waals surface area contributed by atoms with Crippen LogP contribution in [0.4, 0.5) is 5.69 Å². The lowest BCUT2D eigenvalue weighted by Gasteiger charge is -2.26. The van der Waals surface area contributed by atoms with Gasteiger partial charge in [-0.05, 0) is 48.2 Å². The molecular weight excluding hydrogens is 370 g/mol. The van der Waals surface area contributed by atoms with Gasteiger partial charge in [-0.2, -0.15) is 0 Å². The summed E-state index contributed by atoms with van der Waals surface area (Å²) >= 11 is 0. The Morgan fingerprint density at radius 1 is 1.22 bits per heavy atom. The Morgan fingerprint density at radius 3 is 2.74 bits per heavy atom. The Balaban J connectivity index is 0.00000261. The van der Waals surface area contributed by atoms with Gasteiger partial charge >= 0.3 is 0 Å². The van der Waals surface area contributed by atoms with Crippen LogP contribution in [0.5, 0.6) is 5.75 Å². The molecule has 1 heterocycles. The van der Waals surface area contributed by atoms with Gasteiger partial charge in [0.25, 0.3) is 5.91 Å². The molecule has 8 heteroatoms. The second kappa shape index (κ2) is 9.36. The summed E-state index contributed by atoms with van der Waals surface area (Å²) in [6.45, 7) is 2.23. The first-order valence-electron chi connectivity index (χ1n) is 8.34. The lowest BCUT2D eigenvalue weighted by molar-refractivity contribution is -0.131. The molecule has 0 spiro atoms. The van der Waals surface area contributed by atoms with E-state index in [2.05, 4.69) is 10.6 Å². The fourth-order valence-corrected chi connectivity index (χ4v) is 2.88. The quantitative estimate of drug-likeness (QED) is 0.461. The van der Waals surface area contributed by atoms with Crippen molar-refractivity contribution in [3.8, 4) is 5.75 Å². The maximum absolute atomic E-state index is 12.5. The lowest BCUT2D eigenvalue weighted by Crippen LogP contribution is -2.44. The van der Waals surface area contributed by atoms with E-state index in [4.69, 9.17) is 9.94 Å². The fraction of sp³-hybridized carbons (Fsp3) is 0.263. The van der Waals surface area contributed by atoms with Crippen molar-refractivity contribution in [2.75, 3.05) is 11.9 Å². The molecule has 3 rings (SSSR count). The molecule has 0 aromatic heterocycles. The molecule has 1 aliphatic heterocycles. The highest BCUT2D eigenvalue weighted by molar-refractivity contribution is 5.95. The number of hydrogen-bond donors (Lipinski definition) is 4. The highest BCUT2D eigenvalue weighted by Crippen LogP contribution is 2.23. The third-order valence-electron chi connectivity index (χ3n) is 4.35. The van der Waals surface area contributed by atoms with Crippen LogP contribution in [0, 0.1) is 6.92 Å². The maximum atomic E-state index is 12.5. The average Bonchev–Trinajstić information content (AvgIpc) is 2.67. The highest BCUT2D eigenvalue weighted by atomic mass is 35.5. The molecule has 0 bridgehead atoms. The van der Waals surface area contributed by atoms with Gasteiger partial charge in [0.05, 0.1) is 6.04 Å². The molecule has 1 atom stereocenters. The predicted molar refractivity (Wildman–Crippen MR) is 103 cm³/mol. The van der Waals surface area contributed by atoms with Crippen LogP contribution >= 0.6 is 12.4 Å². The zero-order valence-corrected chi connectivity index (χ0v) is 15.6. The van der Waals surface area contributed by atoms with Crippen molar-refractivity contribution < 1.29 is 19.5 Å². The van der Waals surface area contributed by atoms with Gasteiger partial charge in [-0.15, -0.1) is 12.4 Å². The molecule has 144 valence electrons. The van der Waals surface area contributed by atoms with Crippen molar-refractivity contribution in [2.24, 2.45) is 0 Å². The molecule has 0 aliphatic carbocycles. The Bertz CT molecular complexity index is 828. The van der Waals surface area contributed by atoms with E-state index in [9.17, 15) is 9.59 Å². The van der Waals surface area contributed by atoms with Crippen molar-refractivity contribution in [1.82, 2.24) is 10.8 Å². The number of anilines is 1. The normalized spacial score (nSPS) is 15.1. The number of hydroxylamine groups is 1. The molecule has 1 aliphatic rings. The number of fused-ring (bicyclic) bond motifs is 1. The van der Waals surface area contributed by atoms with Crippen molar-refractivity contribution >= 4 is 29.9 Å². The van der Waals surface area contributed by atoms with Gasteiger partial charge in [-0.1, -0.05) is 24.3 Å². The van der Waals surface area contributed by atoms with Gasteiger partial charge < -0.3 is 15.4 Å². The van der Waals surface area contributed by atoms with E-state index in [1.54, 1.807) is 6.07 Å². The molecule has 2 aromatic rings. The Hall–Kier alpha value is -2.61. The number of para-hydroxylation sites is 1. The summed E-state index contributed by atoms with van der Waals surface area (Å²) in [5.74, 6) is -0.143. The van der Waals surface area contributed by atoms with Crippen LogP contribution < -0.4 is 20.9 Å². The number of rotatable bonds is 5. The van der Waals surface area contributed by atoms with Crippen LogP contribution in [0.1, 0.15) is 16.7 Å². The standard InChI is InChI=1S/C19H21N3O4.ClH/c1-12-4-2-3-5-16(12)21-19(24)17-9-13-6-7-15(8-14(13)10-20-17)26-11-18(23)22-25;/h2-8,17,20,25H,9-11H2,1H3,(H,21,24)(H,22,23);1H/t17-;/m0./s1. The van der Waals surface area contributed by atoms with Crippen molar-refractivity contribution in [3.05, 3.63) is 59.2 Å². The van der Waals surface area contributed by atoms with Crippen molar-refractivity contribution in [1.29, 1.82) is 0 Å². The SMILES string of the molecule is Cc1ccccc1NC(=O)[C@@H]1Cc2ccc(OCC(=O)NO)cc2CN1.Cl. The minimum atomic E-state index is -0.617. The Labute approximate surface area is 163 Å². The molecule has 2 amide bonds. The molecule has 4 N–H and O–H groups in total. The molecule has 0 radical (unpaired) electrons. The van der Waals surface area contributed by atoms with Gasteiger partial charge in [0.1, 0.15) is 5.75 Å². The number of nitrogens with one attached hydrogen (secondary N) is 3. The molecular formula is C19H22ClN3O4. The van der Waals surface area contributed by atoms with Crippen LogP contribution in [0.3, 0.4) is 0 Å². The summed E-state index contributed by atoms with van der Waals surface area (Å²) in [5, 5.41) is 14.7. The number of aryl methyl sites for hydroxylation is 1. The van der Waals surface area contributed by atoms with Crippen molar-refractivity contribution in [3.63, 3.8) is 0 Å². The van der Waals surface area contributed by atoms with E-state index in [1.165, 1.54) is 5.48 Å². The molecule has 2 aromatic carbocycles. The van der Waals surface area contributed by atoms with Crippen LogP contribution in [0.15, 0.2) is 42.5 Å². The third-order valence-corrected chi connectivity index (χ3v) is 4.35. The fourth-order valence-electron chi connectivity index (χ4n) is 2.88. The first kappa shape index (κ1) is 20.7. The monoisotopic (exact) mass is 391 g/mol. The van der Waals surface area contributed by atoms with Gasteiger partial charge in [-0.25, -0.2) is 5.48 Å². The number of hydrogen-bond acceptors (Lipinski definition) is 5. The average molecular weight is 392 g/mol. The highest BCUT2D eigenvalue weighted by Gasteiger charge is 2.24. The zero-order valence-electron chi connectivity index (χ0n) is 14.8. The Kier molecular flexibility index (Phi) is 7.18. The molecule has 27 heavy (non-hydrogen) atoms. The predicted octanol–water partition coefficient (Wildman–Crippen LogP) is 1.95.